The average molecular weight is 350 g/mol. The van der Waals surface area contributed by atoms with Crippen LogP contribution in [0.1, 0.15) is 49.4 Å². The smallest absolute Gasteiger partial charge is 0.311 e. The van der Waals surface area contributed by atoms with Gasteiger partial charge in [0.2, 0.25) is 0 Å². The Balaban J connectivity index is 2.10. The van der Waals surface area contributed by atoms with Crippen LogP contribution < -0.4 is 0 Å². The summed E-state index contributed by atoms with van der Waals surface area (Å²) in [6, 6.07) is 3.10. The molecule has 0 aliphatic rings. The van der Waals surface area contributed by atoms with Gasteiger partial charge in [-0.3, -0.25) is 9.48 Å². The second-order valence-electron chi connectivity index (χ2n) is 6.70. The van der Waals surface area contributed by atoms with Gasteiger partial charge in [0.25, 0.3) is 0 Å². The predicted octanol–water partition coefficient (Wildman–Crippen LogP) is 4.28. The van der Waals surface area contributed by atoms with Crippen LogP contribution in [-0.2, 0) is 22.5 Å². The molecule has 6 heteroatoms. The first-order valence-electron chi connectivity index (χ1n) is 8.36. The Morgan fingerprint density at radius 1 is 1.24 bits per heavy atom. The maximum absolute atomic E-state index is 13.8. The van der Waals surface area contributed by atoms with Gasteiger partial charge in [0.05, 0.1) is 12.1 Å². The minimum Gasteiger partial charge on any atom is -0.457 e. The van der Waals surface area contributed by atoms with E-state index in [0.717, 1.165) is 41.7 Å². The standard InChI is InChI=1S/C19H24F2N2O2/c1-11(2)10-23-13(4)16(12(3)22-23)9-19(24)25-14(5)17-8-15(20)6-7-18(17)21/h6-8,11,14H,9-10H2,1-5H3. The van der Waals surface area contributed by atoms with Crippen molar-refractivity contribution in [2.24, 2.45) is 5.92 Å². The highest BCUT2D eigenvalue weighted by Gasteiger charge is 2.20. The molecule has 25 heavy (non-hydrogen) atoms. The summed E-state index contributed by atoms with van der Waals surface area (Å²) in [5, 5.41) is 4.47. The van der Waals surface area contributed by atoms with Gasteiger partial charge in [-0.05, 0) is 44.9 Å². The molecule has 0 bridgehead atoms. The van der Waals surface area contributed by atoms with Crippen molar-refractivity contribution in [3.8, 4) is 0 Å². The minimum atomic E-state index is -0.866. The van der Waals surface area contributed by atoms with Gasteiger partial charge in [-0.25, -0.2) is 8.78 Å². The van der Waals surface area contributed by atoms with Crippen molar-refractivity contribution < 1.29 is 18.3 Å². The van der Waals surface area contributed by atoms with Crippen molar-refractivity contribution in [2.45, 2.75) is 53.7 Å². The number of carbonyl (C=O) groups excluding carboxylic acids is 1. The summed E-state index contributed by atoms with van der Waals surface area (Å²) in [7, 11) is 0. The van der Waals surface area contributed by atoms with Crippen molar-refractivity contribution >= 4 is 5.97 Å². The molecule has 2 rings (SSSR count). The lowest BCUT2D eigenvalue weighted by Gasteiger charge is -2.15. The first kappa shape index (κ1) is 19.1. The molecular weight excluding hydrogens is 326 g/mol. The number of esters is 1. The van der Waals surface area contributed by atoms with Crippen molar-refractivity contribution in [2.75, 3.05) is 0 Å². The zero-order valence-corrected chi connectivity index (χ0v) is 15.3. The molecule has 0 fully saturated rings. The minimum absolute atomic E-state index is 0.0253. The molecule has 2 aromatic rings. The second kappa shape index (κ2) is 7.76. The van der Waals surface area contributed by atoms with Crippen LogP contribution in [-0.4, -0.2) is 15.7 Å². The monoisotopic (exact) mass is 350 g/mol. The number of halogens is 2. The Hall–Kier alpha value is -2.24. The number of aryl methyl sites for hydroxylation is 1. The SMILES string of the molecule is Cc1nn(CC(C)C)c(C)c1CC(=O)OC(C)c1cc(F)ccc1F. The number of ether oxygens (including phenoxy) is 1. The van der Waals surface area contributed by atoms with E-state index in [1.807, 2.05) is 18.5 Å². The molecule has 0 saturated carbocycles. The fourth-order valence-electron chi connectivity index (χ4n) is 2.79. The van der Waals surface area contributed by atoms with Crippen molar-refractivity contribution in [1.82, 2.24) is 9.78 Å². The Morgan fingerprint density at radius 3 is 2.56 bits per heavy atom. The summed E-state index contributed by atoms with van der Waals surface area (Å²) < 4.78 is 34.2. The van der Waals surface area contributed by atoms with Crippen LogP contribution in [0.15, 0.2) is 18.2 Å². The van der Waals surface area contributed by atoms with Crippen molar-refractivity contribution in [3.63, 3.8) is 0 Å². The summed E-state index contributed by atoms with van der Waals surface area (Å²) in [5.41, 5.74) is 2.54. The molecule has 0 spiro atoms. The van der Waals surface area contributed by atoms with Gasteiger partial charge >= 0.3 is 5.97 Å². The normalized spacial score (nSPS) is 12.5. The first-order chi connectivity index (χ1) is 11.7. The van der Waals surface area contributed by atoms with Crippen LogP contribution in [0.2, 0.25) is 0 Å². The lowest BCUT2D eigenvalue weighted by atomic mass is 10.1. The van der Waals surface area contributed by atoms with Gasteiger partial charge in [-0.15, -0.1) is 0 Å². The zero-order chi connectivity index (χ0) is 18.7. The van der Waals surface area contributed by atoms with E-state index in [0.29, 0.717) is 5.92 Å². The summed E-state index contributed by atoms with van der Waals surface area (Å²) >= 11 is 0. The summed E-state index contributed by atoms with van der Waals surface area (Å²) in [4.78, 5) is 12.3. The van der Waals surface area contributed by atoms with Crippen LogP contribution in [0.5, 0.6) is 0 Å². The van der Waals surface area contributed by atoms with Crippen molar-refractivity contribution in [1.29, 1.82) is 0 Å². The van der Waals surface area contributed by atoms with E-state index < -0.39 is 23.7 Å². The number of hydrogen-bond donors (Lipinski definition) is 0. The average Bonchev–Trinajstić information content (AvgIpc) is 2.76. The van der Waals surface area contributed by atoms with Crippen LogP contribution in [0.4, 0.5) is 8.78 Å². The Morgan fingerprint density at radius 2 is 1.92 bits per heavy atom. The molecule has 0 saturated heterocycles. The van der Waals surface area contributed by atoms with Crippen LogP contribution >= 0.6 is 0 Å². The second-order valence-corrected chi connectivity index (χ2v) is 6.70. The highest BCUT2D eigenvalue weighted by atomic mass is 19.1. The Bertz CT molecular complexity index is 769. The topological polar surface area (TPSA) is 44.1 Å². The van der Waals surface area contributed by atoms with Crippen LogP contribution in [0.3, 0.4) is 0 Å². The van der Waals surface area contributed by atoms with E-state index >= 15 is 0 Å². The van der Waals surface area contributed by atoms with E-state index in [1.54, 1.807) is 0 Å². The molecule has 1 atom stereocenters. The maximum Gasteiger partial charge on any atom is 0.311 e. The Kier molecular flexibility index (Phi) is 5.93. The lowest BCUT2D eigenvalue weighted by molar-refractivity contribution is -0.147. The number of hydrogen-bond acceptors (Lipinski definition) is 3. The van der Waals surface area contributed by atoms with E-state index in [1.165, 1.54) is 6.92 Å². The number of benzene rings is 1. The summed E-state index contributed by atoms with van der Waals surface area (Å²) in [6.07, 6.45) is -0.814. The van der Waals surface area contributed by atoms with Gasteiger partial charge in [-0.2, -0.15) is 5.10 Å². The molecule has 1 unspecified atom stereocenters. The number of aromatic nitrogens is 2. The highest BCUT2D eigenvalue weighted by molar-refractivity contribution is 5.73. The number of nitrogens with zero attached hydrogens (tertiary/aromatic N) is 2. The molecular formula is C19H24F2N2O2. The van der Waals surface area contributed by atoms with Gasteiger partial charge in [0, 0.05) is 23.4 Å². The molecule has 136 valence electrons. The first-order valence-corrected chi connectivity index (χ1v) is 8.36. The van der Waals surface area contributed by atoms with Gasteiger partial charge in [-0.1, -0.05) is 13.8 Å². The molecule has 1 aromatic carbocycles. The predicted molar refractivity (Wildman–Crippen MR) is 91.1 cm³/mol. The third-order valence-corrected chi connectivity index (χ3v) is 4.09. The van der Waals surface area contributed by atoms with Gasteiger partial charge in [0.15, 0.2) is 0 Å². The van der Waals surface area contributed by atoms with E-state index in [4.69, 9.17) is 4.74 Å². The largest absolute Gasteiger partial charge is 0.457 e. The summed E-state index contributed by atoms with van der Waals surface area (Å²) in [6.45, 7) is 10.3. The quantitative estimate of drug-likeness (QED) is 0.731. The molecule has 0 amide bonds. The lowest BCUT2D eigenvalue weighted by Crippen LogP contribution is -2.14. The molecule has 1 aromatic heterocycles. The Labute approximate surface area is 146 Å². The third kappa shape index (κ3) is 4.65. The molecule has 1 heterocycles. The summed E-state index contributed by atoms with van der Waals surface area (Å²) in [5.74, 6) is -1.22. The maximum atomic E-state index is 13.8. The molecule has 0 aliphatic carbocycles. The molecule has 0 radical (unpaired) electrons. The fourth-order valence-corrected chi connectivity index (χ4v) is 2.79. The van der Waals surface area contributed by atoms with Gasteiger partial charge in [0.1, 0.15) is 17.7 Å². The van der Waals surface area contributed by atoms with Crippen molar-refractivity contribution in [3.05, 3.63) is 52.3 Å². The number of rotatable bonds is 6. The number of carbonyl (C=O) groups is 1. The van der Waals surface area contributed by atoms with E-state index in [-0.39, 0.29) is 12.0 Å². The van der Waals surface area contributed by atoms with E-state index in [9.17, 15) is 13.6 Å². The third-order valence-electron chi connectivity index (χ3n) is 4.09. The van der Waals surface area contributed by atoms with E-state index in [2.05, 4.69) is 18.9 Å². The molecule has 4 nitrogen and oxygen atoms in total. The van der Waals surface area contributed by atoms with Gasteiger partial charge < -0.3 is 4.74 Å². The fraction of sp³-hybridized carbons (Fsp3) is 0.474. The zero-order valence-electron chi connectivity index (χ0n) is 15.3. The molecule has 0 N–H and O–H groups in total. The van der Waals surface area contributed by atoms with Crippen LogP contribution in [0.25, 0.3) is 0 Å². The highest BCUT2D eigenvalue weighted by Crippen LogP contribution is 2.23. The van der Waals surface area contributed by atoms with Crippen LogP contribution in [0, 0.1) is 31.4 Å². The molecule has 0 aliphatic heterocycles.